The van der Waals surface area contributed by atoms with Gasteiger partial charge in [-0.25, -0.2) is 4.98 Å². The number of carbonyl (C=O) groups is 5. The first-order valence-corrected chi connectivity index (χ1v) is 24.0. The molecule has 17 heteroatoms. The van der Waals surface area contributed by atoms with Gasteiger partial charge in [-0.15, -0.1) is 0 Å². The van der Waals surface area contributed by atoms with E-state index in [4.69, 9.17) is 23.7 Å². The molecule has 1 saturated heterocycles. The lowest BCUT2D eigenvalue weighted by atomic mass is 9.92. The van der Waals surface area contributed by atoms with Crippen LogP contribution in [0, 0.1) is 13.8 Å². The van der Waals surface area contributed by atoms with E-state index in [1.165, 1.54) is 19.3 Å². The zero-order valence-corrected chi connectivity index (χ0v) is 38.9. The van der Waals surface area contributed by atoms with Crippen molar-refractivity contribution in [1.29, 1.82) is 0 Å². The average molecular weight is 929 g/mol. The van der Waals surface area contributed by atoms with Crippen LogP contribution in [0.15, 0.2) is 65.3 Å². The van der Waals surface area contributed by atoms with Gasteiger partial charge in [0, 0.05) is 79.4 Å². The Labute approximate surface area is 395 Å². The van der Waals surface area contributed by atoms with E-state index in [-0.39, 0.29) is 42.1 Å². The largest absolute Gasteiger partial charge is 0.382 e. The monoisotopic (exact) mass is 928 g/mol. The average Bonchev–Trinajstić information content (AvgIpc) is 3.97. The summed E-state index contributed by atoms with van der Waals surface area (Å²) in [6.07, 6.45) is 8.55. The highest BCUT2D eigenvalue weighted by Crippen LogP contribution is 2.36. The third-order valence-electron chi connectivity index (χ3n) is 13.5. The minimum absolute atomic E-state index is 0.0797. The molecule has 1 atom stereocenters. The van der Waals surface area contributed by atoms with Crippen molar-refractivity contribution in [3.05, 3.63) is 83.4 Å². The lowest BCUT2D eigenvalue weighted by molar-refractivity contribution is -0.133. The summed E-state index contributed by atoms with van der Waals surface area (Å²) in [7, 11) is 0. The number of Topliss-reactive ketones (excluding diaryl/α,β-unsaturated/α-hetero) is 2. The van der Waals surface area contributed by atoms with Crippen molar-refractivity contribution >= 4 is 52.1 Å². The normalized spacial score (nSPS) is 18.0. The Hall–Kier alpha value is -6.43. The molecular formula is C51H60N8O9. The van der Waals surface area contributed by atoms with E-state index >= 15 is 0 Å². The fourth-order valence-electron chi connectivity index (χ4n) is 9.89. The maximum absolute atomic E-state index is 13.3. The van der Waals surface area contributed by atoms with Gasteiger partial charge in [0.05, 0.1) is 75.3 Å². The van der Waals surface area contributed by atoms with Gasteiger partial charge in [-0.1, -0.05) is 42.6 Å². The number of rotatable bonds is 19. The van der Waals surface area contributed by atoms with Crippen molar-refractivity contribution in [1.82, 2.24) is 24.3 Å². The number of piperazine rings is 1. The van der Waals surface area contributed by atoms with Crippen molar-refractivity contribution in [3.63, 3.8) is 0 Å². The molecule has 0 radical (unpaired) electrons. The molecule has 3 fully saturated rings. The molecule has 0 bridgehead atoms. The van der Waals surface area contributed by atoms with Crippen LogP contribution in [0.25, 0.3) is 28.0 Å². The summed E-state index contributed by atoms with van der Waals surface area (Å²) in [5.41, 5.74) is 7.85. The zero-order valence-electron chi connectivity index (χ0n) is 38.9. The Kier molecular flexibility index (Phi) is 14.6. The molecule has 2 aromatic carbocycles. The number of nitrogens with one attached hydrogen (secondary N) is 2. The van der Waals surface area contributed by atoms with Gasteiger partial charge in [0.2, 0.25) is 5.91 Å². The van der Waals surface area contributed by atoms with Gasteiger partial charge in [-0.05, 0) is 69.5 Å². The van der Waals surface area contributed by atoms with E-state index < -0.39 is 23.6 Å². The summed E-state index contributed by atoms with van der Waals surface area (Å²) in [6.45, 7) is 9.17. The lowest BCUT2D eigenvalue weighted by Crippen LogP contribution is -2.49. The van der Waals surface area contributed by atoms with Crippen molar-refractivity contribution in [2.24, 2.45) is 0 Å². The van der Waals surface area contributed by atoms with Crippen LogP contribution in [0.2, 0.25) is 0 Å². The van der Waals surface area contributed by atoms with E-state index in [0.717, 1.165) is 81.8 Å². The van der Waals surface area contributed by atoms with Crippen LogP contribution >= 0.6 is 0 Å². The molecule has 5 aromatic rings. The zero-order chi connectivity index (χ0) is 47.1. The molecule has 17 nitrogen and oxygen atoms in total. The SMILES string of the molecule is Cc1noc(C)c1-c1ccc2nc(-c3ccc(N4CCN(C(=O)CCOCCOCCOCCNc5cccc6c5C(=O)N(C5CCC(=O)CC5=O)C6=O)CC4)cc3)c(NC3CCCCC3)n2c1. The number of aryl methyl sites for hydroxylation is 2. The summed E-state index contributed by atoms with van der Waals surface area (Å²) >= 11 is 0. The number of hydrogen-bond acceptors (Lipinski definition) is 14. The minimum Gasteiger partial charge on any atom is -0.382 e. The van der Waals surface area contributed by atoms with Crippen molar-refractivity contribution in [3.8, 4) is 22.4 Å². The summed E-state index contributed by atoms with van der Waals surface area (Å²) in [5, 5.41) is 11.2. The molecule has 3 aromatic heterocycles. The van der Waals surface area contributed by atoms with Crippen LogP contribution in [0.3, 0.4) is 0 Å². The quantitative estimate of drug-likeness (QED) is 0.0518. The summed E-state index contributed by atoms with van der Waals surface area (Å²) < 4.78 is 24.7. The van der Waals surface area contributed by atoms with Crippen molar-refractivity contribution in [2.75, 3.05) is 87.9 Å². The summed E-state index contributed by atoms with van der Waals surface area (Å²) in [5.74, 6) is 0.273. The van der Waals surface area contributed by atoms with Crippen LogP contribution in [0.4, 0.5) is 17.2 Å². The summed E-state index contributed by atoms with van der Waals surface area (Å²) in [6, 6.07) is 17.2. The molecule has 0 spiro atoms. The van der Waals surface area contributed by atoms with Crippen LogP contribution in [0.5, 0.6) is 0 Å². The van der Waals surface area contributed by atoms with Gasteiger partial charge in [-0.2, -0.15) is 0 Å². The maximum Gasteiger partial charge on any atom is 0.264 e. The number of imidazole rings is 1. The number of amides is 3. The topological polar surface area (TPSA) is 190 Å². The molecule has 4 aliphatic rings. The Morgan fingerprint density at radius 1 is 0.779 bits per heavy atom. The first-order valence-electron chi connectivity index (χ1n) is 24.0. The standard InChI is InChI=1S/C51H60N8O9/c1-33-46(34(2)68-55-33)36-13-18-44-54-48(49(58(44)32-36)53-37-7-4-3-5-8-37)35-11-14-38(15-12-35)56-21-23-57(24-22-56)45(62)19-25-65-27-29-67-30-28-66-26-20-52-41-10-6-9-40-47(41)51(64)59(50(40)63)42-17-16-39(60)31-43(42)61/h6,9-15,18,32,37,42,52-53H,3-5,7-8,16-17,19-31H2,1-2H3. The second kappa shape index (κ2) is 21.3. The Balaban J connectivity index is 0.665. The van der Waals surface area contributed by atoms with Gasteiger partial charge in [0.25, 0.3) is 11.8 Å². The highest BCUT2D eigenvalue weighted by atomic mass is 16.5. The smallest absolute Gasteiger partial charge is 0.264 e. The molecule has 2 N–H and O–H groups in total. The highest BCUT2D eigenvalue weighted by molar-refractivity contribution is 6.25. The maximum atomic E-state index is 13.3. The molecular weight excluding hydrogens is 869 g/mol. The van der Waals surface area contributed by atoms with Crippen molar-refractivity contribution < 1.29 is 42.7 Å². The number of ether oxygens (including phenoxy) is 3. The predicted molar refractivity (Wildman–Crippen MR) is 255 cm³/mol. The second-order valence-electron chi connectivity index (χ2n) is 18.0. The van der Waals surface area contributed by atoms with Gasteiger partial charge in [0.1, 0.15) is 28.7 Å². The van der Waals surface area contributed by atoms with Crippen molar-refractivity contribution in [2.45, 2.75) is 83.7 Å². The van der Waals surface area contributed by atoms with E-state index in [1.807, 2.05) is 18.7 Å². The Morgan fingerprint density at radius 3 is 2.22 bits per heavy atom. The van der Waals surface area contributed by atoms with Crippen LogP contribution < -0.4 is 15.5 Å². The molecule has 1 unspecified atom stereocenters. The summed E-state index contributed by atoms with van der Waals surface area (Å²) in [4.78, 5) is 74.0. The molecule has 2 aliphatic heterocycles. The Bertz CT molecular complexity index is 2630. The Morgan fingerprint density at radius 2 is 1.50 bits per heavy atom. The van der Waals surface area contributed by atoms with Crippen LogP contribution in [-0.4, -0.2) is 138 Å². The predicted octanol–water partition coefficient (Wildman–Crippen LogP) is 6.51. The molecule has 3 amide bonds. The highest BCUT2D eigenvalue weighted by Gasteiger charge is 2.45. The lowest BCUT2D eigenvalue weighted by Gasteiger charge is -2.36. The first kappa shape index (κ1) is 46.7. The molecule has 68 heavy (non-hydrogen) atoms. The number of carbonyl (C=O) groups excluding carboxylic acids is 5. The number of nitrogens with zero attached hydrogens (tertiary/aromatic N) is 6. The van der Waals surface area contributed by atoms with E-state index in [0.29, 0.717) is 77.4 Å². The molecule has 2 saturated carbocycles. The van der Waals surface area contributed by atoms with Gasteiger partial charge in [-0.3, -0.25) is 33.3 Å². The number of benzene rings is 2. The molecule has 2 aliphatic carbocycles. The third-order valence-corrected chi connectivity index (χ3v) is 13.5. The molecule has 358 valence electrons. The van der Waals surface area contributed by atoms with E-state index in [2.05, 4.69) is 67.7 Å². The third kappa shape index (κ3) is 10.2. The second-order valence-corrected chi connectivity index (χ2v) is 18.0. The number of hydrogen-bond donors (Lipinski definition) is 2. The first-order chi connectivity index (χ1) is 33.1. The molecule has 5 heterocycles. The number of pyridine rings is 1. The van der Waals surface area contributed by atoms with Gasteiger partial charge >= 0.3 is 0 Å². The number of fused-ring (bicyclic) bond motifs is 2. The minimum atomic E-state index is -0.911. The number of anilines is 3. The fourth-order valence-corrected chi connectivity index (χ4v) is 9.89. The fraction of sp³-hybridized carbons (Fsp3) is 0.471. The molecule has 9 rings (SSSR count). The number of ketones is 2. The van der Waals surface area contributed by atoms with Gasteiger partial charge in [0.15, 0.2) is 5.78 Å². The van der Waals surface area contributed by atoms with Gasteiger partial charge < -0.3 is 39.2 Å². The van der Waals surface area contributed by atoms with E-state index in [9.17, 15) is 24.0 Å². The van der Waals surface area contributed by atoms with Crippen LogP contribution in [0.1, 0.15) is 90.0 Å². The number of imide groups is 1. The van der Waals surface area contributed by atoms with E-state index in [1.54, 1.807) is 18.2 Å². The van der Waals surface area contributed by atoms with Crippen LogP contribution in [-0.2, 0) is 28.6 Å². The number of aromatic nitrogens is 3.